The zero-order valence-electron chi connectivity index (χ0n) is 14.4. The van der Waals surface area contributed by atoms with Gasteiger partial charge in [-0.15, -0.1) is 0 Å². The van der Waals surface area contributed by atoms with E-state index in [1.165, 1.54) is 12.1 Å². The van der Waals surface area contributed by atoms with Crippen LogP contribution < -0.4 is 0 Å². The number of benzene rings is 1. The van der Waals surface area contributed by atoms with Crippen LogP contribution in [0.15, 0.2) is 42.6 Å². The topological polar surface area (TPSA) is 74.4 Å². The van der Waals surface area contributed by atoms with Crippen LogP contribution in [0.3, 0.4) is 0 Å². The van der Waals surface area contributed by atoms with Gasteiger partial charge in [0.25, 0.3) is 0 Å². The second-order valence-electron chi connectivity index (χ2n) is 6.39. The van der Waals surface area contributed by atoms with Crippen LogP contribution >= 0.6 is 0 Å². The standard InChI is InChI=1S/C20H17FN4O/c1-11-12(2)24-25-19(11)18(26)8-13-7-15-9-17(23-20(15)22-10-13)14-3-5-16(21)6-4-14/h3-7,9-10H,8H2,1-2H3,(H,22,23)(H,24,25). The third kappa shape index (κ3) is 2.90. The lowest BCUT2D eigenvalue weighted by molar-refractivity contribution is 0.0987. The molecule has 130 valence electrons. The van der Waals surface area contributed by atoms with Crippen LogP contribution in [0.2, 0.25) is 0 Å². The van der Waals surface area contributed by atoms with E-state index in [2.05, 4.69) is 20.2 Å². The van der Waals surface area contributed by atoms with Crippen LogP contribution in [0.4, 0.5) is 4.39 Å². The van der Waals surface area contributed by atoms with E-state index in [-0.39, 0.29) is 18.0 Å². The number of halogens is 1. The van der Waals surface area contributed by atoms with Crippen molar-refractivity contribution in [1.29, 1.82) is 0 Å². The third-order valence-electron chi connectivity index (χ3n) is 4.56. The van der Waals surface area contributed by atoms with Gasteiger partial charge in [-0.1, -0.05) is 0 Å². The smallest absolute Gasteiger partial charge is 0.187 e. The molecular weight excluding hydrogens is 331 g/mol. The number of Topliss-reactive ketones (excluding diaryl/α,β-unsaturated/α-hetero) is 1. The number of pyridine rings is 1. The zero-order valence-corrected chi connectivity index (χ0v) is 14.4. The Morgan fingerprint density at radius 2 is 1.92 bits per heavy atom. The Hall–Kier alpha value is -3.28. The van der Waals surface area contributed by atoms with Gasteiger partial charge in [0.2, 0.25) is 0 Å². The minimum Gasteiger partial charge on any atom is -0.339 e. The first-order valence-electron chi connectivity index (χ1n) is 8.29. The number of carbonyl (C=O) groups excluding carboxylic acids is 1. The molecule has 3 heterocycles. The Labute approximate surface area is 149 Å². The number of hydrogen-bond acceptors (Lipinski definition) is 3. The summed E-state index contributed by atoms with van der Waals surface area (Å²) >= 11 is 0. The number of nitrogens with zero attached hydrogens (tertiary/aromatic N) is 2. The highest BCUT2D eigenvalue weighted by Gasteiger charge is 2.15. The maximum Gasteiger partial charge on any atom is 0.187 e. The summed E-state index contributed by atoms with van der Waals surface area (Å²) < 4.78 is 13.1. The largest absolute Gasteiger partial charge is 0.339 e. The molecule has 0 spiro atoms. The maximum atomic E-state index is 13.1. The molecule has 4 aromatic rings. The monoisotopic (exact) mass is 348 g/mol. The highest BCUT2D eigenvalue weighted by molar-refractivity contribution is 5.97. The molecular formula is C20H17FN4O. The maximum absolute atomic E-state index is 13.1. The van der Waals surface area contributed by atoms with Gasteiger partial charge in [0.05, 0.1) is 0 Å². The van der Waals surface area contributed by atoms with Crippen molar-refractivity contribution in [3.63, 3.8) is 0 Å². The van der Waals surface area contributed by atoms with Crippen molar-refractivity contribution in [1.82, 2.24) is 20.2 Å². The molecule has 0 fully saturated rings. The first kappa shape index (κ1) is 16.2. The molecule has 0 radical (unpaired) electrons. The number of ketones is 1. The molecule has 26 heavy (non-hydrogen) atoms. The van der Waals surface area contributed by atoms with Crippen molar-refractivity contribution in [3.8, 4) is 11.3 Å². The van der Waals surface area contributed by atoms with Crippen molar-refractivity contribution in [2.45, 2.75) is 20.3 Å². The molecule has 4 rings (SSSR count). The molecule has 0 aliphatic heterocycles. The second-order valence-corrected chi connectivity index (χ2v) is 6.39. The minimum atomic E-state index is -0.271. The number of aromatic amines is 2. The summed E-state index contributed by atoms with van der Waals surface area (Å²) in [5.74, 6) is -0.310. The fourth-order valence-electron chi connectivity index (χ4n) is 2.97. The van der Waals surface area contributed by atoms with Gasteiger partial charge in [-0.2, -0.15) is 5.10 Å². The summed E-state index contributed by atoms with van der Waals surface area (Å²) in [6, 6.07) is 10.2. The summed E-state index contributed by atoms with van der Waals surface area (Å²) in [7, 11) is 0. The van der Waals surface area contributed by atoms with Gasteiger partial charge >= 0.3 is 0 Å². The Morgan fingerprint density at radius 3 is 2.62 bits per heavy atom. The summed E-state index contributed by atoms with van der Waals surface area (Å²) in [5, 5.41) is 7.84. The fourth-order valence-corrected chi connectivity index (χ4v) is 2.97. The molecule has 3 aromatic heterocycles. The molecule has 0 saturated heterocycles. The number of aromatic nitrogens is 4. The Morgan fingerprint density at radius 1 is 1.15 bits per heavy atom. The summed E-state index contributed by atoms with van der Waals surface area (Å²) in [4.78, 5) is 20.1. The lowest BCUT2D eigenvalue weighted by Crippen LogP contribution is -2.06. The molecule has 0 aliphatic rings. The first-order chi connectivity index (χ1) is 12.5. The van der Waals surface area contributed by atoms with Crippen LogP contribution in [0.5, 0.6) is 0 Å². The first-order valence-corrected chi connectivity index (χ1v) is 8.29. The highest BCUT2D eigenvalue weighted by atomic mass is 19.1. The van der Waals surface area contributed by atoms with Gasteiger partial charge < -0.3 is 4.98 Å². The number of fused-ring (bicyclic) bond motifs is 1. The van der Waals surface area contributed by atoms with Crippen LogP contribution in [-0.4, -0.2) is 25.9 Å². The molecule has 0 bridgehead atoms. The van der Waals surface area contributed by atoms with Crippen molar-refractivity contribution in [2.75, 3.05) is 0 Å². The van der Waals surface area contributed by atoms with E-state index in [1.54, 1.807) is 18.3 Å². The van der Waals surface area contributed by atoms with Gasteiger partial charge in [0.1, 0.15) is 17.2 Å². The number of aryl methyl sites for hydroxylation is 1. The number of nitrogens with one attached hydrogen (secondary N) is 2. The van der Waals surface area contributed by atoms with Crippen LogP contribution in [-0.2, 0) is 6.42 Å². The molecule has 0 unspecified atom stereocenters. The summed E-state index contributed by atoms with van der Waals surface area (Å²) in [6.45, 7) is 3.78. The van der Waals surface area contributed by atoms with Gasteiger partial charge in [-0.3, -0.25) is 9.89 Å². The Bertz CT molecular complexity index is 1110. The van der Waals surface area contributed by atoms with Crippen molar-refractivity contribution in [3.05, 3.63) is 70.9 Å². The van der Waals surface area contributed by atoms with E-state index < -0.39 is 0 Å². The van der Waals surface area contributed by atoms with Crippen molar-refractivity contribution >= 4 is 16.8 Å². The van der Waals surface area contributed by atoms with Gasteiger partial charge in [-0.05, 0) is 61.4 Å². The van der Waals surface area contributed by atoms with Crippen LogP contribution in [0.1, 0.15) is 27.3 Å². The molecule has 5 nitrogen and oxygen atoms in total. The van der Waals surface area contributed by atoms with E-state index in [1.807, 2.05) is 26.0 Å². The predicted molar refractivity (Wildman–Crippen MR) is 97.6 cm³/mol. The normalized spacial score (nSPS) is 11.2. The second kappa shape index (κ2) is 6.22. The molecule has 0 atom stereocenters. The van der Waals surface area contributed by atoms with Gasteiger partial charge in [0, 0.05) is 35.0 Å². The van der Waals surface area contributed by atoms with E-state index >= 15 is 0 Å². The molecule has 0 aliphatic carbocycles. The van der Waals surface area contributed by atoms with Crippen LogP contribution in [0, 0.1) is 19.7 Å². The number of rotatable bonds is 4. The highest BCUT2D eigenvalue weighted by Crippen LogP contribution is 2.24. The van der Waals surface area contributed by atoms with Crippen molar-refractivity contribution in [2.24, 2.45) is 0 Å². The Kier molecular flexibility index (Phi) is 3.88. The molecule has 6 heteroatoms. The van der Waals surface area contributed by atoms with Crippen LogP contribution in [0.25, 0.3) is 22.3 Å². The summed E-state index contributed by atoms with van der Waals surface area (Å²) in [5.41, 5.74) is 5.54. The van der Waals surface area contributed by atoms with E-state index in [9.17, 15) is 9.18 Å². The van der Waals surface area contributed by atoms with E-state index in [0.29, 0.717) is 5.69 Å². The molecule has 1 aromatic carbocycles. The Balaban J connectivity index is 1.62. The number of H-pyrrole nitrogens is 2. The minimum absolute atomic E-state index is 0.0395. The zero-order chi connectivity index (χ0) is 18.3. The van der Waals surface area contributed by atoms with Gasteiger partial charge in [-0.25, -0.2) is 9.37 Å². The number of hydrogen-bond donors (Lipinski definition) is 2. The summed E-state index contributed by atoms with van der Waals surface area (Å²) in [6.07, 6.45) is 1.94. The fraction of sp³-hybridized carbons (Fsp3) is 0.150. The average Bonchev–Trinajstić information content (AvgIpc) is 3.19. The van der Waals surface area contributed by atoms with Gasteiger partial charge in [0.15, 0.2) is 5.78 Å². The molecule has 0 amide bonds. The third-order valence-corrected chi connectivity index (χ3v) is 4.56. The SMILES string of the molecule is Cc1[nH]nc(C(=O)Cc2cnc3[nH]c(-c4ccc(F)cc4)cc3c2)c1C. The lowest BCUT2D eigenvalue weighted by Gasteiger charge is -2.00. The van der Waals surface area contributed by atoms with E-state index in [0.717, 1.165) is 39.1 Å². The average molecular weight is 348 g/mol. The van der Waals surface area contributed by atoms with E-state index in [4.69, 9.17) is 0 Å². The number of carbonyl (C=O) groups is 1. The lowest BCUT2D eigenvalue weighted by atomic mass is 10.0. The van der Waals surface area contributed by atoms with Crippen molar-refractivity contribution < 1.29 is 9.18 Å². The molecule has 2 N–H and O–H groups in total. The predicted octanol–water partition coefficient (Wildman–Crippen LogP) is 4.13. The quantitative estimate of drug-likeness (QED) is 0.545. The molecule has 0 saturated carbocycles.